The number of halogens is 3. The van der Waals surface area contributed by atoms with E-state index in [4.69, 9.17) is 5.73 Å². The third-order valence-corrected chi connectivity index (χ3v) is 4.40. The Morgan fingerprint density at radius 1 is 1.03 bits per heavy atom. The van der Waals surface area contributed by atoms with Gasteiger partial charge in [-0.1, -0.05) is 12.1 Å². The Balaban J connectivity index is 1.79. The van der Waals surface area contributed by atoms with Crippen LogP contribution in [0.5, 0.6) is 0 Å². The lowest BCUT2D eigenvalue weighted by Crippen LogP contribution is -2.08. The fourth-order valence-electron chi connectivity index (χ4n) is 2.98. The van der Waals surface area contributed by atoms with Crippen LogP contribution in [0.3, 0.4) is 0 Å². The lowest BCUT2D eigenvalue weighted by molar-refractivity contribution is -0.114. The van der Waals surface area contributed by atoms with Crippen molar-refractivity contribution in [2.75, 3.05) is 11.1 Å². The van der Waals surface area contributed by atoms with E-state index in [0.29, 0.717) is 17.3 Å². The van der Waals surface area contributed by atoms with Gasteiger partial charge in [0.2, 0.25) is 5.91 Å². The Bertz CT molecular complexity index is 1290. The van der Waals surface area contributed by atoms with Gasteiger partial charge in [0, 0.05) is 24.4 Å². The molecular formula is C20H14F3N7O. The first-order valence-corrected chi connectivity index (χ1v) is 8.91. The van der Waals surface area contributed by atoms with E-state index in [9.17, 15) is 18.0 Å². The monoisotopic (exact) mass is 425 g/mol. The second-order valence-corrected chi connectivity index (χ2v) is 6.52. The van der Waals surface area contributed by atoms with Crippen molar-refractivity contribution in [3.8, 4) is 28.2 Å². The molecule has 0 aliphatic heterocycles. The zero-order chi connectivity index (χ0) is 22.1. The van der Waals surface area contributed by atoms with Crippen molar-refractivity contribution in [2.45, 2.75) is 6.92 Å². The number of nitrogens with zero attached hydrogens (tertiary/aromatic N) is 5. The molecule has 0 aliphatic rings. The fraction of sp³-hybridized carbons (Fsp3) is 0.0500. The largest absolute Gasteiger partial charge is 0.383 e. The van der Waals surface area contributed by atoms with Gasteiger partial charge in [-0.3, -0.25) is 4.79 Å². The first-order valence-electron chi connectivity index (χ1n) is 8.91. The number of anilines is 2. The van der Waals surface area contributed by atoms with Crippen LogP contribution in [0, 0.1) is 17.5 Å². The number of nitrogens with two attached hydrogens (primary N) is 1. The van der Waals surface area contributed by atoms with Crippen LogP contribution in [-0.4, -0.2) is 31.1 Å². The van der Waals surface area contributed by atoms with E-state index in [-0.39, 0.29) is 23.1 Å². The van der Waals surface area contributed by atoms with E-state index in [0.717, 1.165) is 16.3 Å². The quantitative estimate of drug-likeness (QED) is 0.485. The highest BCUT2D eigenvalue weighted by Gasteiger charge is 2.23. The highest BCUT2D eigenvalue weighted by atomic mass is 19.2. The van der Waals surface area contributed by atoms with Crippen LogP contribution < -0.4 is 11.1 Å². The van der Waals surface area contributed by atoms with Crippen LogP contribution in [-0.2, 0) is 4.79 Å². The lowest BCUT2D eigenvalue weighted by atomic mass is 10.0. The number of pyridine rings is 1. The summed E-state index contributed by atoms with van der Waals surface area (Å²) in [5.74, 6) is -4.06. The molecule has 0 spiro atoms. The third-order valence-electron chi connectivity index (χ3n) is 4.40. The second-order valence-electron chi connectivity index (χ2n) is 6.52. The van der Waals surface area contributed by atoms with Gasteiger partial charge in [0.15, 0.2) is 23.3 Å². The molecule has 4 aromatic rings. The Hall–Kier alpha value is -4.28. The smallest absolute Gasteiger partial charge is 0.221 e. The van der Waals surface area contributed by atoms with Crippen LogP contribution >= 0.6 is 0 Å². The Morgan fingerprint density at radius 3 is 2.45 bits per heavy atom. The predicted molar refractivity (Wildman–Crippen MR) is 106 cm³/mol. The number of nitrogen functional groups attached to an aromatic ring is 1. The number of nitrogens with one attached hydrogen (secondary N) is 1. The lowest BCUT2D eigenvalue weighted by Gasteiger charge is -2.11. The molecule has 0 radical (unpaired) electrons. The maximum Gasteiger partial charge on any atom is 0.221 e. The van der Waals surface area contributed by atoms with Crippen molar-refractivity contribution >= 4 is 17.4 Å². The Morgan fingerprint density at radius 2 is 1.74 bits per heavy atom. The molecule has 3 N–H and O–H groups in total. The summed E-state index contributed by atoms with van der Waals surface area (Å²) < 4.78 is 43.0. The molecule has 11 heteroatoms. The molecule has 0 saturated heterocycles. The SMILES string of the molecule is CC(=O)Nc1ccc(-c2cnc(N)c(-c3nnnn3-c3c(F)ccc(F)c3F)c2)cc1. The molecule has 0 fully saturated rings. The van der Waals surface area contributed by atoms with E-state index in [1.807, 2.05) is 0 Å². The van der Waals surface area contributed by atoms with Gasteiger partial charge in [0.05, 0.1) is 5.56 Å². The molecule has 156 valence electrons. The molecule has 0 unspecified atom stereocenters. The number of hydrogen-bond acceptors (Lipinski definition) is 6. The molecule has 0 atom stereocenters. The summed E-state index contributed by atoms with van der Waals surface area (Å²) in [6.07, 6.45) is 1.50. The minimum atomic E-state index is -1.44. The van der Waals surface area contributed by atoms with Gasteiger partial charge in [-0.2, -0.15) is 4.68 Å². The molecule has 31 heavy (non-hydrogen) atoms. The van der Waals surface area contributed by atoms with E-state index in [1.165, 1.54) is 13.1 Å². The molecule has 2 heterocycles. The summed E-state index contributed by atoms with van der Waals surface area (Å²) in [4.78, 5) is 15.3. The number of rotatable bonds is 4. The normalized spacial score (nSPS) is 10.8. The van der Waals surface area contributed by atoms with Gasteiger partial charge in [-0.05, 0) is 46.3 Å². The highest BCUT2D eigenvalue weighted by molar-refractivity contribution is 5.89. The maximum absolute atomic E-state index is 14.3. The van der Waals surface area contributed by atoms with Crippen molar-refractivity contribution in [1.82, 2.24) is 25.2 Å². The average Bonchev–Trinajstić information content (AvgIpc) is 3.21. The van der Waals surface area contributed by atoms with Crippen LogP contribution in [0.4, 0.5) is 24.7 Å². The van der Waals surface area contributed by atoms with Gasteiger partial charge >= 0.3 is 0 Å². The highest BCUT2D eigenvalue weighted by Crippen LogP contribution is 2.31. The first kappa shape index (κ1) is 20.0. The number of carbonyl (C=O) groups is 1. The number of hydrogen-bond donors (Lipinski definition) is 2. The van der Waals surface area contributed by atoms with Crippen LogP contribution in [0.15, 0.2) is 48.7 Å². The summed E-state index contributed by atoms with van der Waals surface area (Å²) in [5.41, 5.74) is 7.32. The molecule has 8 nitrogen and oxygen atoms in total. The topological polar surface area (TPSA) is 112 Å². The van der Waals surface area contributed by atoms with Crippen LogP contribution in [0.2, 0.25) is 0 Å². The van der Waals surface area contributed by atoms with Crippen molar-refractivity contribution in [1.29, 1.82) is 0 Å². The maximum atomic E-state index is 14.3. The number of amides is 1. The van der Waals surface area contributed by atoms with Crippen molar-refractivity contribution in [2.24, 2.45) is 0 Å². The van der Waals surface area contributed by atoms with E-state index in [1.54, 1.807) is 30.3 Å². The summed E-state index contributed by atoms with van der Waals surface area (Å²) in [7, 11) is 0. The minimum absolute atomic E-state index is 0.00638. The average molecular weight is 425 g/mol. The third kappa shape index (κ3) is 3.80. The molecule has 2 aromatic carbocycles. The predicted octanol–water partition coefficient (Wildman–Crippen LogP) is 3.35. The van der Waals surface area contributed by atoms with Crippen molar-refractivity contribution < 1.29 is 18.0 Å². The molecule has 0 aliphatic carbocycles. The van der Waals surface area contributed by atoms with Gasteiger partial charge < -0.3 is 11.1 Å². The van der Waals surface area contributed by atoms with E-state index in [2.05, 4.69) is 25.8 Å². The molecule has 1 amide bonds. The van der Waals surface area contributed by atoms with Gasteiger partial charge in [0.1, 0.15) is 11.5 Å². The van der Waals surface area contributed by atoms with Crippen molar-refractivity contribution in [3.05, 3.63) is 66.1 Å². The second kappa shape index (κ2) is 7.86. The summed E-state index contributed by atoms with van der Waals surface area (Å²) in [6, 6.07) is 9.93. The summed E-state index contributed by atoms with van der Waals surface area (Å²) in [5, 5.41) is 13.5. The summed E-state index contributed by atoms with van der Waals surface area (Å²) in [6.45, 7) is 1.40. The van der Waals surface area contributed by atoms with E-state index < -0.39 is 23.1 Å². The molecule has 0 saturated carbocycles. The zero-order valence-electron chi connectivity index (χ0n) is 16.0. The number of tetrazole rings is 1. The molecule has 4 rings (SSSR count). The first-order chi connectivity index (χ1) is 14.8. The molecule has 2 aromatic heterocycles. The number of aromatic nitrogens is 5. The van der Waals surface area contributed by atoms with Crippen LogP contribution in [0.25, 0.3) is 28.2 Å². The molecular weight excluding hydrogens is 411 g/mol. The van der Waals surface area contributed by atoms with Crippen LogP contribution in [0.1, 0.15) is 6.92 Å². The Labute approximate surface area is 173 Å². The van der Waals surface area contributed by atoms with E-state index >= 15 is 0 Å². The minimum Gasteiger partial charge on any atom is -0.383 e. The van der Waals surface area contributed by atoms with Crippen molar-refractivity contribution in [3.63, 3.8) is 0 Å². The zero-order valence-corrected chi connectivity index (χ0v) is 16.0. The Kier molecular flexibility index (Phi) is 5.07. The fourth-order valence-corrected chi connectivity index (χ4v) is 2.98. The summed E-state index contributed by atoms with van der Waals surface area (Å²) >= 11 is 0. The number of benzene rings is 2. The van der Waals surface area contributed by atoms with Gasteiger partial charge in [-0.15, -0.1) is 5.10 Å². The standard InChI is InChI=1S/C20H14F3N7O/c1-10(31)26-13-4-2-11(3-5-13)12-8-14(19(24)25-9-12)20-27-28-29-30(20)18-16(22)7-6-15(21)17(18)23/h2-9H,1H3,(H2,24,25)(H,26,31). The number of carbonyl (C=O) groups excluding carboxylic acids is 1. The van der Waals surface area contributed by atoms with Gasteiger partial charge in [-0.25, -0.2) is 18.2 Å². The molecule has 0 bridgehead atoms. The van der Waals surface area contributed by atoms with Gasteiger partial charge in [0.25, 0.3) is 0 Å².